The van der Waals surface area contributed by atoms with Gasteiger partial charge in [-0.05, 0) is 98.5 Å². The van der Waals surface area contributed by atoms with Crippen molar-refractivity contribution in [1.29, 1.82) is 0 Å². The lowest BCUT2D eigenvalue weighted by molar-refractivity contribution is 0.923. The lowest BCUT2D eigenvalue weighted by atomic mass is 9.93. The van der Waals surface area contributed by atoms with E-state index in [9.17, 15) is 0 Å². The summed E-state index contributed by atoms with van der Waals surface area (Å²) < 4.78 is 2.43. The van der Waals surface area contributed by atoms with Crippen LogP contribution in [0.3, 0.4) is 0 Å². The molecule has 0 amide bonds. The van der Waals surface area contributed by atoms with E-state index >= 15 is 0 Å². The molecule has 2 aromatic heterocycles. The van der Waals surface area contributed by atoms with Gasteiger partial charge in [-0.2, -0.15) is 0 Å². The Balaban J connectivity index is 1.20. The number of anilines is 2. The lowest BCUT2D eigenvalue weighted by Crippen LogP contribution is -2.05. The van der Waals surface area contributed by atoms with Gasteiger partial charge in [-0.3, -0.25) is 4.57 Å². The Bertz CT molecular complexity index is 2550. The molecule has 0 bridgehead atoms. The Morgan fingerprint density at radius 2 is 1.31 bits per heavy atom. The van der Waals surface area contributed by atoms with E-state index in [1.165, 1.54) is 66.9 Å². The second kappa shape index (κ2) is 11.2. The summed E-state index contributed by atoms with van der Waals surface area (Å²) in [6, 6.07) is 52.3. The van der Waals surface area contributed by atoms with E-state index in [1.54, 1.807) is 0 Å². The molecule has 2 aliphatic carbocycles. The third-order valence-corrected chi connectivity index (χ3v) is 10.2. The molecule has 0 aliphatic heterocycles. The molecule has 4 nitrogen and oxygen atoms in total. The lowest BCUT2D eigenvalue weighted by Gasteiger charge is -2.18. The number of hydrogen-bond donors (Lipinski definition) is 1. The number of hydrogen-bond acceptors (Lipinski definition) is 3. The van der Waals surface area contributed by atoms with Crippen molar-refractivity contribution in [2.45, 2.75) is 19.3 Å². The number of nitrogens with one attached hydrogen (secondary N) is 1. The van der Waals surface area contributed by atoms with Crippen LogP contribution in [-0.4, -0.2) is 14.5 Å². The van der Waals surface area contributed by atoms with Gasteiger partial charge in [0.15, 0.2) is 0 Å². The second-order valence-corrected chi connectivity index (χ2v) is 13.1. The quantitative estimate of drug-likeness (QED) is 0.199. The highest BCUT2D eigenvalue weighted by molar-refractivity contribution is 5.95. The normalized spacial score (nSPS) is 12.4. The fourth-order valence-electron chi connectivity index (χ4n) is 8.02. The maximum atomic E-state index is 5.33. The van der Waals surface area contributed by atoms with E-state index < -0.39 is 0 Å². The summed E-state index contributed by atoms with van der Waals surface area (Å²) in [6.45, 7) is 0. The molecule has 232 valence electrons. The van der Waals surface area contributed by atoms with Crippen LogP contribution in [0.25, 0.3) is 50.1 Å². The summed E-state index contributed by atoms with van der Waals surface area (Å²) in [5, 5.41) is 3.67. The number of nitrogens with zero attached hydrogens (tertiary/aromatic N) is 3. The average Bonchev–Trinajstić information content (AvgIpc) is 3.83. The highest BCUT2D eigenvalue weighted by Gasteiger charge is 2.27. The maximum absolute atomic E-state index is 5.33. The third kappa shape index (κ3) is 4.60. The molecule has 2 aliphatic rings. The molecular formula is C45H32N4. The molecule has 0 saturated carbocycles. The van der Waals surface area contributed by atoms with Gasteiger partial charge in [0.2, 0.25) is 0 Å². The van der Waals surface area contributed by atoms with Crippen LogP contribution in [0.5, 0.6) is 0 Å². The zero-order valence-corrected chi connectivity index (χ0v) is 26.9. The summed E-state index contributed by atoms with van der Waals surface area (Å²) in [6.07, 6.45) is 4.37. The Hall–Kier alpha value is -6.26. The molecule has 8 aromatic rings. The fraction of sp³-hybridized carbons (Fsp3) is 0.0667. The van der Waals surface area contributed by atoms with Crippen molar-refractivity contribution in [1.82, 2.24) is 14.5 Å². The SMILES string of the molecule is c1ccc(Cc2nc3ccc(-c4c(Nc5ccccn5)ccc5c4Cc4ccccc4-5)cc3n2-c2cccc3c2Cc2ccccc2-3)cc1. The van der Waals surface area contributed by atoms with E-state index in [2.05, 4.69) is 142 Å². The van der Waals surface area contributed by atoms with Crippen LogP contribution in [0.15, 0.2) is 152 Å². The van der Waals surface area contributed by atoms with Crippen molar-refractivity contribution in [3.8, 4) is 39.1 Å². The highest BCUT2D eigenvalue weighted by Crippen LogP contribution is 2.46. The maximum Gasteiger partial charge on any atom is 0.130 e. The van der Waals surface area contributed by atoms with E-state index in [4.69, 9.17) is 4.98 Å². The summed E-state index contributed by atoms with van der Waals surface area (Å²) >= 11 is 0. The first-order valence-corrected chi connectivity index (χ1v) is 17.0. The Labute approximate surface area is 285 Å². The molecule has 0 atom stereocenters. The Morgan fingerprint density at radius 3 is 2.10 bits per heavy atom. The zero-order chi connectivity index (χ0) is 32.3. The van der Waals surface area contributed by atoms with Crippen LogP contribution in [0.4, 0.5) is 11.5 Å². The van der Waals surface area contributed by atoms with Crippen molar-refractivity contribution in [2.75, 3.05) is 5.32 Å². The minimum atomic E-state index is 0.740. The molecule has 0 spiro atoms. The van der Waals surface area contributed by atoms with Gasteiger partial charge in [0, 0.05) is 30.3 Å². The molecule has 4 heteroatoms. The molecular weight excluding hydrogens is 597 g/mol. The predicted octanol–water partition coefficient (Wildman–Crippen LogP) is 10.6. The van der Waals surface area contributed by atoms with Crippen molar-refractivity contribution >= 4 is 22.5 Å². The number of benzene rings is 6. The van der Waals surface area contributed by atoms with Gasteiger partial charge in [-0.15, -0.1) is 0 Å². The number of rotatable bonds is 6. The van der Waals surface area contributed by atoms with Crippen LogP contribution in [0.2, 0.25) is 0 Å². The van der Waals surface area contributed by atoms with Crippen LogP contribution in [-0.2, 0) is 19.3 Å². The van der Waals surface area contributed by atoms with Gasteiger partial charge in [-0.25, -0.2) is 9.97 Å². The molecule has 0 unspecified atom stereocenters. The van der Waals surface area contributed by atoms with Crippen LogP contribution in [0.1, 0.15) is 33.6 Å². The number of aromatic nitrogens is 3. The molecule has 0 saturated heterocycles. The van der Waals surface area contributed by atoms with Gasteiger partial charge in [0.1, 0.15) is 11.6 Å². The minimum Gasteiger partial charge on any atom is -0.340 e. The standard InChI is InChI=1S/C45H32N4/c1-2-11-29(12-3-1)25-44-48-39-22-20-32(28-42(39)49(44)41-18-10-17-35-33-15-6-4-13-30(33)26-37(35)41)45-38-27-31-14-5-7-16-34(31)36(38)21-23-40(45)47-43-19-8-9-24-46-43/h1-24,28H,25-27H2,(H,46,47). The first-order valence-electron chi connectivity index (χ1n) is 17.0. The summed E-state index contributed by atoms with van der Waals surface area (Å²) in [4.78, 5) is 9.94. The van der Waals surface area contributed by atoms with E-state index in [0.29, 0.717) is 0 Å². The van der Waals surface area contributed by atoms with Gasteiger partial charge >= 0.3 is 0 Å². The van der Waals surface area contributed by atoms with E-state index in [1.807, 2.05) is 24.4 Å². The van der Waals surface area contributed by atoms with Gasteiger partial charge in [0.05, 0.1) is 16.7 Å². The van der Waals surface area contributed by atoms with E-state index in [-0.39, 0.29) is 0 Å². The second-order valence-electron chi connectivity index (χ2n) is 13.1. The van der Waals surface area contributed by atoms with Crippen molar-refractivity contribution in [3.05, 3.63) is 185 Å². The summed E-state index contributed by atoms with van der Waals surface area (Å²) in [5.74, 6) is 1.87. The monoisotopic (exact) mass is 628 g/mol. The number of pyridine rings is 1. The molecule has 0 fully saturated rings. The first kappa shape index (κ1) is 27.8. The molecule has 6 aromatic carbocycles. The van der Waals surface area contributed by atoms with Crippen LogP contribution >= 0.6 is 0 Å². The first-order chi connectivity index (χ1) is 24.3. The van der Waals surface area contributed by atoms with Crippen molar-refractivity contribution in [3.63, 3.8) is 0 Å². The zero-order valence-electron chi connectivity index (χ0n) is 26.9. The van der Waals surface area contributed by atoms with Crippen LogP contribution < -0.4 is 5.32 Å². The van der Waals surface area contributed by atoms with Crippen LogP contribution in [0, 0.1) is 0 Å². The Morgan fingerprint density at radius 1 is 0.592 bits per heavy atom. The average molecular weight is 629 g/mol. The van der Waals surface area contributed by atoms with Gasteiger partial charge in [0.25, 0.3) is 0 Å². The van der Waals surface area contributed by atoms with Crippen molar-refractivity contribution in [2.24, 2.45) is 0 Å². The highest BCUT2D eigenvalue weighted by atomic mass is 15.1. The summed E-state index contributed by atoms with van der Waals surface area (Å²) in [7, 11) is 0. The molecule has 2 heterocycles. The third-order valence-electron chi connectivity index (χ3n) is 10.2. The molecule has 10 rings (SSSR count). The molecule has 49 heavy (non-hydrogen) atoms. The summed E-state index contributed by atoms with van der Waals surface area (Å²) in [5.41, 5.74) is 18.7. The number of imidazole rings is 1. The predicted molar refractivity (Wildman–Crippen MR) is 200 cm³/mol. The van der Waals surface area contributed by atoms with Crippen molar-refractivity contribution < 1.29 is 0 Å². The molecule has 1 N–H and O–H groups in total. The topological polar surface area (TPSA) is 42.7 Å². The number of fused-ring (bicyclic) bond motifs is 7. The molecule has 0 radical (unpaired) electrons. The van der Waals surface area contributed by atoms with E-state index in [0.717, 1.165) is 47.6 Å². The van der Waals surface area contributed by atoms with Gasteiger partial charge in [-0.1, -0.05) is 109 Å². The largest absolute Gasteiger partial charge is 0.340 e. The minimum absolute atomic E-state index is 0.740. The smallest absolute Gasteiger partial charge is 0.130 e. The fourth-order valence-corrected chi connectivity index (χ4v) is 8.02. The Kier molecular flexibility index (Phi) is 6.34. The van der Waals surface area contributed by atoms with Gasteiger partial charge < -0.3 is 5.32 Å².